The second-order valence-corrected chi connectivity index (χ2v) is 5.90. The highest BCUT2D eigenvalue weighted by molar-refractivity contribution is 7.71. The van der Waals surface area contributed by atoms with E-state index in [4.69, 9.17) is 12.2 Å². The Balaban J connectivity index is 1.71. The number of likely N-dealkylation sites (N-methyl/N-ethyl adjacent to an activating group) is 1. The van der Waals surface area contributed by atoms with E-state index in [0.29, 0.717) is 4.77 Å². The Bertz CT molecular complexity index is 625. The first-order valence-corrected chi connectivity index (χ1v) is 7.77. The topological polar surface area (TPSA) is 40.1 Å². The van der Waals surface area contributed by atoms with Crippen molar-refractivity contribution < 1.29 is 0 Å². The number of hydrogen-bond donors (Lipinski definition) is 1. The zero-order valence-electron chi connectivity index (χ0n) is 12.3. The summed E-state index contributed by atoms with van der Waals surface area (Å²) < 4.78 is 2.69. The van der Waals surface area contributed by atoms with Gasteiger partial charge >= 0.3 is 0 Å². The minimum absolute atomic E-state index is 0.662. The van der Waals surface area contributed by atoms with E-state index < -0.39 is 0 Å². The summed E-state index contributed by atoms with van der Waals surface area (Å²) in [5, 5.41) is 7.32. The molecule has 3 rings (SSSR count). The predicted octanol–water partition coefficient (Wildman–Crippen LogP) is 1.72. The Morgan fingerprint density at radius 2 is 1.86 bits per heavy atom. The van der Waals surface area contributed by atoms with Crippen LogP contribution in [0.1, 0.15) is 5.82 Å². The second-order valence-electron chi connectivity index (χ2n) is 5.51. The molecule has 0 saturated carbocycles. The predicted molar refractivity (Wildman–Crippen MR) is 86.4 cm³/mol. The summed E-state index contributed by atoms with van der Waals surface area (Å²) in [5.74, 6) is 1.00. The third-order valence-corrected chi connectivity index (χ3v) is 4.28. The number of piperazine rings is 1. The highest BCUT2D eigenvalue weighted by Crippen LogP contribution is 2.11. The number of nitrogens with one attached hydrogen (secondary N) is 1. The van der Waals surface area contributed by atoms with Crippen molar-refractivity contribution in [3.8, 4) is 5.69 Å². The lowest BCUT2D eigenvalue weighted by atomic mass is 10.2. The zero-order valence-corrected chi connectivity index (χ0v) is 13.1. The highest BCUT2D eigenvalue weighted by Gasteiger charge is 2.15. The second kappa shape index (κ2) is 6.51. The molecule has 1 aliphatic heterocycles. The van der Waals surface area contributed by atoms with E-state index in [9.17, 15) is 0 Å². The number of para-hydroxylation sites is 1. The first-order chi connectivity index (χ1) is 10.2. The molecular weight excluding hydrogens is 282 g/mol. The van der Waals surface area contributed by atoms with Gasteiger partial charge in [-0.15, -0.1) is 0 Å². The van der Waals surface area contributed by atoms with Crippen molar-refractivity contribution >= 4 is 12.2 Å². The van der Waals surface area contributed by atoms with Crippen molar-refractivity contribution in [3.63, 3.8) is 0 Å². The largest absolute Gasteiger partial charge is 0.304 e. The van der Waals surface area contributed by atoms with Gasteiger partial charge in [-0.25, -0.2) is 0 Å². The van der Waals surface area contributed by atoms with Gasteiger partial charge in [0, 0.05) is 44.8 Å². The van der Waals surface area contributed by atoms with Crippen LogP contribution in [0.3, 0.4) is 0 Å². The van der Waals surface area contributed by atoms with E-state index in [1.807, 2.05) is 22.8 Å². The van der Waals surface area contributed by atoms with E-state index in [-0.39, 0.29) is 0 Å². The quantitative estimate of drug-likeness (QED) is 0.873. The standard InChI is InChI=1S/C15H21N5S/c1-18-9-11-19(12-10-18)8-7-14-16-17-15(21)20(14)13-5-3-2-4-6-13/h2-6H,7-12H2,1H3,(H,17,21). The molecule has 21 heavy (non-hydrogen) atoms. The number of H-pyrrole nitrogens is 1. The van der Waals surface area contributed by atoms with Gasteiger partial charge in [0.25, 0.3) is 0 Å². The first-order valence-electron chi connectivity index (χ1n) is 7.36. The lowest BCUT2D eigenvalue weighted by Crippen LogP contribution is -2.45. The molecule has 6 heteroatoms. The van der Waals surface area contributed by atoms with Crippen LogP contribution < -0.4 is 0 Å². The van der Waals surface area contributed by atoms with E-state index in [1.54, 1.807) is 0 Å². The first kappa shape index (κ1) is 14.4. The van der Waals surface area contributed by atoms with E-state index in [2.05, 4.69) is 39.2 Å². The number of rotatable bonds is 4. The van der Waals surface area contributed by atoms with Gasteiger partial charge in [-0.05, 0) is 31.4 Å². The average Bonchev–Trinajstić information content (AvgIpc) is 2.88. The highest BCUT2D eigenvalue weighted by atomic mass is 32.1. The molecule has 112 valence electrons. The zero-order chi connectivity index (χ0) is 14.7. The summed E-state index contributed by atoms with van der Waals surface area (Å²) in [4.78, 5) is 4.86. The summed E-state index contributed by atoms with van der Waals surface area (Å²) in [5.41, 5.74) is 1.07. The maximum atomic E-state index is 5.37. The Labute approximate surface area is 130 Å². The van der Waals surface area contributed by atoms with Crippen LogP contribution >= 0.6 is 12.2 Å². The van der Waals surface area contributed by atoms with Gasteiger partial charge in [-0.3, -0.25) is 9.67 Å². The number of nitrogens with zero attached hydrogens (tertiary/aromatic N) is 4. The maximum Gasteiger partial charge on any atom is 0.199 e. The van der Waals surface area contributed by atoms with Crippen LogP contribution in [-0.4, -0.2) is 64.3 Å². The average molecular weight is 303 g/mol. The fourth-order valence-corrected chi connectivity index (χ4v) is 2.93. The Kier molecular flexibility index (Phi) is 4.48. The summed E-state index contributed by atoms with van der Waals surface area (Å²) in [6.07, 6.45) is 0.908. The fourth-order valence-electron chi connectivity index (χ4n) is 2.67. The molecule has 2 aromatic rings. The molecule has 0 unspecified atom stereocenters. The molecule has 0 radical (unpaired) electrons. The molecule has 1 aromatic carbocycles. The molecular formula is C15H21N5S. The molecule has 0 aliphatic carbocycles. The number of hydrogen-bond acceptors (Lipinski definition) is 4. The SMILES string of the molecule is CN1CCN(CCc2n[nH]c(=S)n2-c2ccccc2)CC1. The van der Waals surface area contributed by atoms with Crippen LogP contribution in [0.2, 0.25) is 0 Å². The Hall–Kier alpha value is -1.50. The van der Waals surface area contributed by atoms with Crippen molar-refractivity contribution in [2.75, 3.05) is 39.8 Å². The van der Waals surface area contributed by atoms with E-state index in [0.717, 1.165) is 50.7 Å². The van der Waals surface area contributed by atoms with Gasteiger partial charge in [-0.2, -0.15) is 5.10 Å². The summed E-state index contributed by atoms with van der Waals surface area (Å²) in [6, 6.07) is 10.2. The van der Waals surface area contributed by atoms with Crippen molar-refractivity contribution in [1.82, 2.24) is 24.6 Å². The molecule has 1 N–H and O–H groups in total. The van der Waals surface area contributed by atoms with E-state index in [1.165, 1.54) is 0 Å². The Morgan fingerprint density at radius 1 is 1.14 bits per heavy atom. The van der Waals surface area contributed by atoms with Crippen LogP contribution in [0.5, 0.6) is 0 Å². The van der Waals surface area contributed by atoms with Gasteiger partial charge in [-0.1, -0.05) is 18.2 Å². The van der Waals surface area contributed by atoms with Crippen molar-refractivity contribution in [3.05, 3.63) is 40.9 Å². The maximum absolute atomic E-state index is 5.37. The molecule has 1 aliphatic rings. The van der Waals surface area contributed by atoms with Gasteiger partial charge in [0.15, 0.2) is 4.77 Å². The molecule has 0 spiro atoms. The van der Waals surface area contributed by atoms with Crippen molar-refractivity contribution in [2.45, 2.75) is 6.42 Å². The van der Waals surface area contributed by atoms with Gasteiger partial charge in [0.05, 0.1) is 0 Å². The van der Waals surface area contributed by atoms with Crippen LogP contribution in [-0.2, 0) is 6.42 Å². The van der Waals surface area contributed by atoms with Gasteiger partial charge < -0.3 is 9.80 Å². The number of benzene rings is 1. The normalized spacial score (nSPS) is 17.2. The molecule has 1 fully saturated rings. The van der Waals surface area contributed by atoms with Gasteiger partial charge in [0.1, 0.15) is 5.82 Å². The molecule has 5 nitrogen and oxygen atoms in total. The molecule has 1 saturated heterocycles. The minimum Gasteiger partial charge on any atom is -0.304 e. The monoisotopic (exact) mass is 303 g/mol. The molecule has 1 aromatic heterocycles. The van der Waals surface area contributed by atoms with Crippen LogP contribution in [0, 0.1) is 4.77 Å². The fraction of sp³-hybridized carbons (Fsp3) is 0.467. The lowest BCUT2D eigenvalue weighted by molar-refractivity contribution is 0.155. The molecule has 0 amide bonds. The molecule has 2 heterocycles. The van der Waals surface area contributed by atoms with Crippen LogP contribution in [0.4, 0.5) is 0 Å². The summed E-state index contributed by atoms with van der Waals surface area (Å²) in [6.45, 7) is 5.58. The minimum atomic E-state index is 0.662. The number of aromatic amines is 1. The summed E-state index contributed by atoms with van der Waals surface area (Å²) >= 11 is 5.37. The Morgan fingerprint density at radius 3 is 2.57 bits per heavy atom. The van der Waals surface area contributed by atoms with E-state index >= 15 is 0 Å². The smallest absolute Gasteiger partial charge is 0.199 e. The van der Waals surface area contributed by atoms with Crippen LogP contribution in [0.15, 0.2) is 30.3 Å². The number of aromatic nitrogens is 3. The third kappa shape index (κ3) is 3.40. The molecule has 0 bridgehead atoms. The van der Waals surface area contributed by atoms with Crippen LogP contribution in [0.25, 0.3) is 5.69 Å². The lowest BCUT2D eigenvalue weighted by Gasteiger charge is -2.32. The third-order valence-electron chi connectivity index (χ3n) is 4.00. The van der Waals surface area contributed by atoms with Crippen molar-refractivity contribution in [2.24, 2.45) is 0 Å². The molecule has 0 atom stereocenters. The van der Waals surface area contributed by atoms with Gasteiger partial charge in [0.2, 0.25) is 0 Å². The summed E-state index contributed by atoms with van der Waals surface area (Å²) in [7, 11) is 2.18. The van der Waals surface area contributed by atoms with Crippen molar-refractivity contribution in [1.29, 1.82) is 0 Å².